The Morgan fingerprint density at radius 1 is 1.00 bits per heavy atom. The molecule has 1 unspecified atom stereocenters. The average Bonchev–Trinajstić information content (AvgIpc) is 3.18. The average molecular weight is 335 g/mol. The molecule has 1 aromatic heterocycles. The summed E-state index contributed by atoms with van der Waals surface area (Å²) < 4.78 is 10.9. The number of benzene rings is 2. The lowest BCUT2D eigenvalue weighted by molar-refractivity contribution is 0.414. The molecule has 0 spiro atoms. The van der Waals surface area contributed by atoms with Crippen molar-refractivity contribution >= 4 is 0 Å². The molecule has 0 saturated heterocycles. The lowest BCUT2D eigenvalue weighted by atomic mass is 9.92. The first-order valence-corrected chi connectivity index (χ1v) is 8.70. The van der Waals surface area contributed by atoms with Crippen molar-refractivity contribution < 1.29 is 9.15 Å². The maximum Gasteiger partial charge on any atom is 0.118 e. The minimum atomic E-state index is 0.277. The van der Waals surface area contributed by atoms with Gasteiger partial charge in [-0.3, -0.25) is 0 Å². The van der Waals surface area contributed by atoms with E-state index in [-0.39, 0.29) is 5.92 Å². The second kappa shape index (κ2) is 8.54. The third-order valence-electron chi connectivity index (χ3n) is 4.46. The summed E-state index contributed by atoms with van der Waals surface area (Å²) in [6.07, 6.45) is 2.74. The Bertz CT molecular complexity index is 746. The van der Waals surface area contributed by atoms with Gasteiger partial charge in [-0.05, 0) is 55.3 Å². The third-order valence-corrected chi connectivity index (χ3v) is 4.46. The molecule has 1 N–H and O–H groups in total. The highest BCUT2D eigenvalue weighted by Gasteiger charge is 2.16. The minimum Gasteiger partial charge on any atom is -0.497 e. The van der Waals surface area contributed by atoms with E-state index in [1.165, 1.54) is 16.7 Å². The highest BCUT2D eigenvalue weighted by Crippen LogP contribution is 2.28. The molecule has 3 rings (SSSR count). The molecule has 0 aliphatic rings. The summed E-state index contributed by atoms with van der Waals surface area (Å²) in [5.41, 5.74) is 3.83. The fourth-order valence-corrected chi connectivity index (χ4v) is 2.98. The van der Waals surface area contributed by atoms with Crippen LogP contribution in [0.15, 0.2) is 71.3 Å². The number of aryl methyl sites for hydroxylation is 1. The van der Waals surface area contributed by atoms with Crippen LogP contribution < -0.4 is 10.1 Å². The standard InChI is InChI=1S/C22H25NO2/c1-17-5-9-19(10-6-17)21(22-4-3-15-25-22)13-14-23-16-18-7-11-20(24-2)12-8-18/h3-12,15,21,23H,13-14,16H2,1-2H3. The topological polar surface area (TPSA) is 34.4 Å². The van der Waals surface area contributed by atoms with Crippen molar-refractivity contribution in [3.63, 3.8) is 0 Å². The van der Waals surface area contributed by atoms with Gasteiger partial charge in [-0.2, -0.15) is 0 Å². The summed E-state index contributed by atoms with van der Waals surface area (Å²) in [6, 6.07) is 20.9. The second-order valence-electron chi connectivity index (χ2n) is 6.29. The van der Waals surface area contributed by atoms with Crippen LogP contribution in [0.2, 0.25) is 0 Å². The van der Waals surface area contributed by atoms with Gasteiger partial charge >= 0.3 is 0 Å². The van der Waals surface area contributed by atoms with E-state index in [9.17, 15) is 0 Å². The molecule has 2 aromatic carbocycles. The molecule has 0 fully saturated rings. The van der Waals surface area contributed by atoms with E-state index in [1.807, 2.05) is 18.2 Å². The summed E-state index contributed by atoms with van der Waals surface area (Å²) in [6.45, 7) is 3.89. The predicted octanol–water partition coefficient (Wildman–Crippen LogP) is 4.91. The molecule has 3 aromatic rings. The minimum absolute atomic E-state index is 0.277. The lowest BCUT2D eigenvalue weighted by Gasteiger charge is -2.16. The zero-order valence-corrected chi connectivity index (χ0v) is 14.9. The van der Waals surface area contributed by atoms with Crippen molar-refractivity contribution in [2.24, 2.45) is 0 Å². The van der Waals surface area contributed by atoms with Crippen LogP contribution in [-0.4, -0.2) is 13.7 Å². The Balaban J connectivity index is 1.58. The first-order valence-electron chi connectivity index (χ1n) is 8.70. The van der Waals surface area contributed by atoms with Crippen molar-refractivity contribution in [3.8, 4) is 5.75 Å². The van der Waals surface area contributed by atoms with Crippen LogP contribution in [0.5, 0.6) is 5.75 Å². The van der Waals surface area contributed by atoms with Crippen LogP contribution in [0.3, 0.4) is 0 Å². The SMILES string of the molecule is COc1ccc(CNCCC(c2ccc(C)cc2)c2ccco2)cc1. The van der Waals surface area contributed by atoms with E-state index < -0.39 is 0 Å². The molecule has 0 radical (unpaired) electrons. The van der Waals surface area contributed by atoms with Crippen LogP contribution in [0.4, 0.5) is 0 Å². The van der Waals surface area contributed by atoms with Crippen molar-refractivity contribution in [2.45, 2.75) is 25.8 Å². The van der Waals surface area contributed by atoms with Crippen LogP contribution in [0.1, 0.15) is 34.8 Å². The van der Waals surface area contributed by atoms with Gasteiger partial charge in [0.25, 0.3) is 0 Å². The van der Waals surface area contributed by atoms with Gasteiger partial charge in [-0.25, -0.2) is 0 Å². The smallest absolute Gasteiger partial charge is 0.118 e. The van der Waals surface area contributed by atoms with E-state index in [0.29, 0.717) is 0 Å². The van der Waals surface area contributed by atoms with Gasteiger partial charge in [0.15, 0.2) is 0 Å². The van der Waals surface area contributed by atoms with Crippen LogP contribution in [0, 0.1) is 6.92 Å². The first-order chi connectivity index (χ1) is 12.3. The lowest BCUT2D eigenvalue weighted by Crippen LogP contribution is -2.17. The quantitative estimate of drug-likeness (QED) is 0.594. The normalized spacial score (nSPS) is 12.1. The number of methoxy groups -OCH3 is 1. The number of furan rings is 1. The van der Waals surface area contributed by atoms with Crippen LogP contribution in [-0.2, 0) is 6.54 Å². The highest BCUT2D eigenvalue weighted by atomic mass is 16.5. The van der Waals surface area contributed by atoms with E-state index in [0.717, 1.165) is 31.0 Å². The molecule has 0 bridgehead atoms. The van der Waals surface area contributed by atoms with E-state index in [1.54, 1.807) is 13.4 Å². The number of rotatable bonds is 8. The zero-order chi connectivity index (χ0) is 17.5. The fourth-order valence-electron chi connectivity index (χ4n) is 2.98. The monoisotopic (exact) mass is 335 g/mol. The molecule has 1 heterocycles. The maximum absolute atomic E-state index is 5.68. The van der Waals surface area contributed by atoms with Gasteiger partial charge in [-0.15, -0.1) is 0 Å². The van der Waals surface area contributed by atoms with Crippen LogP contribution >= 0.6 is 0 Å². The maximum atomic E-state index is 5.68. The Morgan fingerprint density at radius 3 is 2.40 bits per heavy atom. The van der Waals surface area contributed by atoms with Gasteiger partial charge in [0.05, 0.1) is 13.4 Å². The summed E-state index contributed by atoms with van der Waals surface area (Å²) in [5, 5.41) is 3.53. The Morgan fingerprint density at radius 2 is 1.76 bits per heavy atom. The van der Waals surface area contributed by atoms with E-state index in [2.05, 4.69) is 54.7 Å². The molecular weight excluding hydrogens is 310 g/mol. The Hall–Kier alpha value is -2.52. The summed E-state index contributed by atoms with van der Waals surface area (Å²) in [4.78, 5) is 0. The molecular formula is C22H25NO2. The molecule has 130 valence electrons. The zero-order valence-electron chi connectivity index (χ0n) is 14.9. The van der Waals surface area contributed by atoms with Gasteiger partial charge in [-0.1, -0.05) is 42.0 Å². The summed E-state index contributed by atoms with van der Waals surface area (Å²) in [7, 11) is 1.69. The van der Waals surface area contributed by atoms with Crippen molar-refractivity contribution in [1.29, 1.82) is 0 Å². The van der Waals surface area contributed by atoms with E-state index >= 15 is 0 Å². The fraction of sp³-hybridized carbons (Fsp3) is 0.273. The molecule has 25 heavy (non-hydrogen) atoms. The predicted molar refractivity (Wildman–Crippen MR) is 101 cm³/mol. The molecule has 3 heteroatoms. The molecule has 0 amide bonds. The Kier molecular flexibility index (Phi) is 5.91. The molecule has 0 aliphatic heterocycles. The van der Waals surface area contributed by atoms with Crippen molar-refractivity contribution in [3.05, 3.63) is 89.4 Å². The van der Waals surface area contributed by atoms with Gasteiger partial charge < -0.3 is 14.5 Å². The van der Waals surface area contributed by atoms with Gasteiger partial charge in [0.1, 0.15) is 11.5 Å². The summed E-state index contributed by atoms with van der Waals surface area (Å²) >= 11 is 0. The second-order valence-corrected chi connectivity index (χ2v) is 6.29. The van der Waals surface area contributed by atoms with Crippen molar-refractivity contribution in [2.75, 3.05) is 13.7 Å². The largest absolute Gasteiger partial charge is 0.497 e. The molecule has 1 atom stereocenters. The first kappa shape index (κ1) is 17.3. The summed E-state index contributed by atoms with van der Waals surface area (Å²) in [5.74, 6) is 2.19. The van der Waals surface area contributed by atoms with Gasteiger partial charge in [0.2, 0.25) is 0 Å². The highest BCUT2D eigenvalue weighted by molar-refractivity contribution is 5.30. The number of hydrogen-bond donors (Lipinski definition) is 1. The number of ether oxygens (including phenoxy) is 1. The molecule has 3 nitrogen and oxygen atoms in total. The Labute approximate surface area is 149 Å². The number of nitrogens with one attached hydrogen (secondary N) is 1. The molecule has 0 aliphatic carbocycles. The van der Waals surface area contributed by atoms with E-state index in [4.69, 9.17) is 9.15 Å². The van der Waals surface area contributed by atoms with Gasteiger partial charge in [0, 0.05) is 12.5 Å². The number of hydrogen-bond acceptors (Lipinski definition) is 3. The molecule has 0 saturated carbocycles. The third kappa shape index (κ3) is 4.74. The van der Waals surface area contributed by atoms with Crippen LogP contribution in [0.25, 0.3) is 0 Å². The van der Waals surface area contributed by atoms with Crippen molar-refractivity contribution in [1.82, 2.24) is 5.32 Å².